The van der Waals surface area contributed by atoms with E-state index in [1.54, 1.807) is 4.90 Å². The molecule has 1 heterocycles. The second-order valence-corrected chi connectivity index (χ2v) is 4.94. The lowest BCUT2D eigenvalue weighted by Crippen LogP contribution is -2.49. The number of benzene rings is 1. The van der Waals surface area contributed by atoms with Crippen molar-refractivity contribution >= 4 is 11.7 Å². The molecule has 1 aliphatic heterocycles. The van der Waals surface area contributed by atoms with Gasteiger partial charge in [-0.05, 0) is 18.9 Å². The van der Waals surface area contributed by atoms with Crippen LogP contribution in [0, 0.1) is 17.0 Å². The molecule has 1 saturated carbocycles. The Balaban J connectivity index is 1.96. The Labute approximate surface area is 96.7 Å². The number of hydrogen-bond donors (Lipinski definition) is 1. The van der Waals surface area contributed by atoms with Crippen LogP contribution in [0.3, 0.4) is 0 Å². The number of aromatic carboxylic acids is 1. The second kappa shape index (κ2) is 3.18. The number of carbonyl (C=O) groups is 1. The van der Waals surface area contributed by atoms with Crippen LogP contribution >= 0.6 is 0 Å². The van der Waals surface area contributed by atoms with Crippen molar-refractivity contribution in [1.29, 1.82) is 0 Å². The number of rotatable bonds is 2. The van der Waals surface area contributed by atoms with Gasteiger partial charge in [-0.15, -0.1) is 0 Å². The summed E-state index contributed by atoms with van der Waals surface area (Å²) in [4.78, 5) is 12.8. The summed E-state index contributed by atoms with van der Waals surface area (Å²) in [7, 11) is 0. The maximum absolute atomic E-state index is 13.2. The molecular weight excluding hydrogens is 228 g/mol. The number of anilines is 1. The zero-order valence-corrected chi connectivity index (χ0v) is 9.04. The van der Waals surface area contributed by atoms with E-state index in [1.807, 2.05) is 0 Å². The van der Waals surface area contributed by atoms with Crippen molar-refractivity contribution in [2.45, 2.75) is 12.8 Å². The third-order valence-corrected chi connectivity index (χ3v) is 3.62. The van der Waals surface area contributed by atoms with Gasteiger partial charge in [-0.1, -0.05) is 0 Å². The first-order chi connectivity index (χ1) is 8.01. The van der Waals surface area contributed by atoms with Crippen LogP contribution in [0.15, 0.2) is 12.1 Å². The Morgan fingerprint density at radius 2 is 1.82 bits per heavy atom. The standard InChI is InChI=1S/C12H11F2NO2/c13-8-3-7(11(16)17)10(4-9(8)14)15-5-12(6-15)1-2-12/h3-4H,1-2,5-6H2,(H,16,17). The van der Waals surface area contributed by atoms with Gasteiger partial charge in [0.05, 0.1) is 11.3 Å². The zero-order valence-electron chi connectivity index (χ0n) is 9.04. The minimum atomic E-state index is -1.23. The van der Waals surface area contributed by atoms with Gasteiger partial charge < -0.3 is 10.0 Å². The van der Waals surface area contributed by atoms with Crippen molar-refractivity contribution in [3.63, 3.8) is 0 Å². The van der Waals surface area contributed by atoms with E-state index in [9.17, 15) is 13.6 Å². The van der Waals surface area contributed by atoms with Gasteiger partial charge in [-0.25, -0.2) is 13.6 Å². The van der Waals surface area contributed by atoms with Crippen LogP contribution in [0.4, 0.5) is 14.5 Å². The fourth-order valence-electron chi connectivity index (χ4n) is 2.40. The summed E-state index contributed by atoms with van der Waals surface area (Å²) in [5.41, 5.74) is 0.453. The van der Waals surface area contributed by atoms with Crippen LogP contribution in [0.5, 0.6) is 0 Å². The molecule has 3 nitrogen and oxygen atoms in total. The van der Waals surface area contributed by atoms with Gasteiger partial charge in [-0.3, -0.25) is 0 Å². The predicted octanol–water partition coefficient (Wildman–Crippen LogP) is 2.26. The van der Waals surface area contributed by atoms with E-state index >= 15 is 0 Å². The molecule has 2 aliphatic rings. The summed E-state index contributed by atoms with van der Waals surface area (Å²) < 4.78 is 26.2. The number of carboxylic acids is 1. The number of carboxylic acid groups (broad SMARTS) is 1. The van der Waals surface area contributed by atoms with Crippen LogP contribution in [0.2, 0.25) is 0 Å². The van der Waals surface area contributed by atoms with E-state index in [2.05, 4.69) is 0 Å². The third kappa shape index (κ3) is 1.57. The summed E-state index contributed by atoms with van der Waals surface area (Å²) in [6.45, 7) is 1.50. The van der Waals surface area contributed by atoms with Gasteiger partial charge in [0, 0.05) is 24.6 Å². The van der Waals surface area contributed by atoms with Crippen molar-refractivity contribution in [2.24, 2.45) is 5.41 Å². The molecule has 2 fully saturated rings. The molecular formula is C12H11F2NO2. The maximum atomic E-state index is 13.2. The van der Waals surface area contributed by atoms with Crippen LogP contribution in [0.1, 0.15) is 23.2 Å². The summed E-state index contributed by atoms with van der Waals surface area (Å²) in [6.07, 6.45) is 2.30. The van der Waals surface area contributed by atoms with Crippen molar-refractivity contribution in [3.8, 4) is 0 Å². The molecule has 0 bridgehead atoms. The molecule has 1 N–H and O–H groups in total. The fourth-order valence-corrected chi connectivity index (χ4v) is 2.40. The average molecular weight is 239 g/mol. The Morgan fingerprint density at radius 1 is 1.24 bits per heavy atom. The molecule has 3 rings (SSSR count). The monoisotopic (exact) mass is 239 g/mol. The lowest BCUT2D eigenvalue weighted by molar-refractivity contribution is 0.0696. The average Bonchev–Trinajstić information content (AvgIpc) is 2.99. The van der Waals surface area contributed by atoms with E-state index < -0.39 is 17.6 Å². The van der Waals surface area contributed by atoms with Crippen molar-refractivity contribution in [3.05, 3.63) is 29.3 Å². The first-order valence-corrected chi connectivity index (χ1v) is 5.48. The van der Waals surface area contributed by atoms with Gasteiger partial charge in [0.2, 0.25) is 0 Å². The SMILES string of the molecule is O=C(O)c1cc(F)c(F)cc1N1CC2(CC2)C1. The summed E-state index contributed by atoms with van der Waals surface area (Å²) in [5, 5.41) is 8.98. The highest BCUT2D eigenvalue weighted by molar-refractivity contribution is 5.94. The largest absolute Gasteiger partial charge is 0.478 e. The molecule has 1 spiro atoms. The highest BCUT2D eigenvalue weighted by atomic mass is 19.2. The summed E-state index contributed by atoms with van der Waals surface area (Å²) in [6, 6.07) is 1.74. The highest BCUT2D eigenvalue weighted by Crippen LogP contribution is 2.54. The van der Waals surface area contributed by atoms with E-state index in [4.69, 9.17) is 5.11 Å². The van der Waals surface area contributed by atoms with Gasteiger partial charge in [0.15, 0.2) is 11.6 Å². The first-order valence-electron chi connectivity index (χ1n) is 5.48. The third-order valence-electron chi connectivity index (χ3n) is 3.62. The minimum absolute atomic E-state index is 0.167. The van der Waals surface area contributed by atoms with Crippen LogP contribution in [-0.2, 0) is 0 Å². The highest BCUT2D eigenvalue weighted by Gasteiger charge is 2.52. The molecule has 1 saturated heterocycles. The molecule has 0 unspecified atom stereocenters. The summed E-state index contributed by atoms with van der Waals surface area (Å²) >= 11 is 0. The van der Waals surface area contributed by atoms with Gasteiger partial charge in [0.1, 0.15) is 0 Å². The Hall–Kier alpha value is -1.65. The van der Waals surface area contributed by atoms with Crippen LogP contribution in [0.25, 0.3) is 0 Å². The van der Waals surface area contributed by atoms with Crippen molar-refractivity contribution in [1.82, 2.24) is 0 Å². The lowest BCUT2D eigenvalue weighted by Gasteiger charge is -2.42. The quantitative estimate of drug-likeness (QED) is 0.860. The van der Waals surface area contributed by atoms with E-state index in [-0.39, 0.29) is 11.3 Å². The smallest absolute Gasteiger partial charge is 0.337 e. The van der Waals surface area contributed by atoms with Gasteiger partial charge in [-0.2, -0.15) is 0 Å². The lowest BCUT2D eigenvalue weighted by atomic mass is 9.95. The fraction of sp³-hybridized carbons (Fsp3) is 0.417. The molecule has 0 radical (unpaired) electrons. The Bertz CT molecular complexity index is 503. The normalized spacial score (nSPS) is 20.2. The second-order valence-electron chi connectivity index (χ2n) is 4.94. The summed E-state index contributed by atoms with van der Waals surface area (Å²) in [5.74, 6) is -3.34. The molecule has 1 aliphatic carbocycles. The number of hydrogen-bond acceptors (Lipinski definition) is 2. The van der Waals surface area contributed by atoms with Crippen LogP contribution < -0.4 is 4.90 Å². The maximum Gasteiger partial charge on any atom is 0.337 e. The van der Waals surface area contributed by atoms with E-state index in [0.29, 0.717) is 5.41 Å². The first kappa shape index (κ1) is 10.5. The number of halogens is 2. The Morgan fingerprint density at radius 3 is 2.35 bits per heavy atom. The van der Waals surface area contributed by atoms with E-state index in [0.717, 1.165) is 38.1 Å². The van der Waals surface area contributed by atoms with E-state index in [1.165, 1.54) is 0 Å². The minimum Gasteiger partial charge on any atom is -0.478 e. The van der Waals surface area contributed by atoms with Crippen molar-refractivity contribution in [2.75, 3.05) is 18.0 Å². The zero-order chi connectivity index (χ0) is 12.2. The molecule has 0 atom stereocenters. The molecule has 5 heteroatoms. The van der Waals surface area contributed by atoms with Gasteiger partial charge in [0.25, 0.3) is 0 Å². The molecule has 1 aromatic carbocycles. The molecule has 17 heavy (non-hydrogen) atoms. The molecule has 90 valence electrons. The molecule has 0 amide bonds. The predicted molar refractivity (Wildman–Crippen MR) is 57.2 cm³/mol. The topological polar surface area (TPSA) is 40.5 Å². The Kier molecular flexibility index (Phi) is 1.97. The number of nitrogens with zero attached hydrogens (tertiary/aromatic N) is 1. The molecule has 0 aromatic heterocycles. The molecule has 1 aromatic rings. The van der Waals surface area contributed by atoms with Gasteiger partial charge >= 0.3 is 5.97 Å². The van der Waals surface area contributed by atoms with Crippen LogP contribution in [-0.4, -0.2) is 24.2 Å². The van der Waals surface area contributed by atoms with Crippen molar-refractivity contribution < 1.29 is 18.7 Å².